The Labute approximate surface area is 111 Å². The summed E-state index contributed by atoms with van der Waals surface area (Å²) >= 11 is 0. The Kier molecular flexibility index (Phi) is 4.18. The molecule has 6 nitrogen and oxygen atoms in total. The topological polar surface area (TPSA) is 84.2 Å². The number of nitrogens with one attached hydrogen (secondary N) is 2. The largest absolute Gasteiger partial charge is 0.468 e. The van der Waals surface area contributed by atoms with Crippen molar-refractivity contribution >= 4 is 15.8 Å². The minimum absolute atomic E-state index is 0.119. The highest BCUT2D eigenvalue weighted by atomic mass is 32.2. The van der Waals surface area contributed by atoms with Crippen molar-refractivity contribution in [3.8, 4) is 0 Å². The maximum Gasteiger partial charge on any atom is 0.241 e. The highest BCUT2D eigenvalue weighted by molar-refractivity contribution is 7.89. The van der Waals surface area contributed by atoms with E-state index in [1.165, 1.54) is 24.6 Å². The van der Waals surface area contributed by atoms with Gasteiger partial charge in [-0.3, -0.25) is 0 Å². The predicted molar refractivity (Wildman–Crippen MR) is 71.1 cm³/mol. The van der Waals surface area contributed by atoms with Gasteiger partial charge in [0.1, 0.15) is 11.6 Å². The van der Waals surface area contributed by atoms with Gasteiger partial charge >= 0.3 is 0 Å². The third kappa shape index (κ3) is 3.55. The monoisotopic (exact) mass is 281 g/mol. The quantitative estimate of drug-likeness (QED) is 0.840. The maximum absolute atomic E-state index is 12.1. The van der Waals surface area contributed by atoms with Crippen LogP contribution in [0.1, 0.15) is 12.7 Å². The van der Waals surface area contributed by atoms with Crippen molar-refractivity contribution in [1.29, 1.82) is 0 Å². The minimum atomic E-state index is -3.57. The van der Waals surface area contributed by atoms with Crippen molar-refractivity contribution in [1.82, 2.24) is 9.71 Å². The smallest absolute Gasteiger partial charge is 0.241 e. The number of furan rings is 1. The van der Waals surface area contributed by atoms with Gasteiger partial charge in [0.05, 0.1) is 17.7 Å². The van der Waals surface area contributed by atoms with E-state index in [1.807, 2.05) is 6.92 Å². The summed E-state index contributed by atoms with van der Waals surface area (Å²) in [5, 5.41) is 2.97. The molecule has 7 heteroatoms. The third-order valence-corrected chi connectivity index (χ3v) is 3.82. The highest BCUT2D eigenvalue weighted by Crippen LogP contribution is 2.13. The van der Waals surface area contributed by atoms with E-state index in [-0.39, 0.29) is 11.4 Å². The number of pyridine rings is 1. The number of aromatic nitrogens is 1. The van der Waals surface area contributed by atoms with Crippen molar-refractivity contribution in [2.24, 2.45) is 0 Å². The lowest BCUT2D eigenvalue weighted by Crippen LogP contribution is -2.23. The summed E-state index contributed by atoms with van der Waals surface area (Å²) in [7, 11) is -3.57. The van der Waals surface area contributed by atoms with Crippen LogP contribution in [0, 0.1) is 0 Å². The Bertz CT molecular complexity index is 623. The van der Waals surface area contributed by atoms with Crippen LogP contribution < -0.4 is 10.0 Å². The third-order valence-electron chi connectivity index (χ3n) is 2.42. The Balaban J connectivity index is 2.12. The van der Waals surface area contributed by atoms with E-state index >= 15 is 0 Å². The molecule has 0 amide bonds. The number of sulfonamides is 1. The number of anilines is 1. The number of hydrogen-bond acceptors (Lipinski definition) is 5. The van der Waals surface area contributed by atoms with Crippen LogP contribution >= 0.6 is 0 Å². The van der Waals surface area contributed by atoms with Gasteiger partial charge in [0, 0.05) is 18.8 Å². The van der Waals surface area contributed by atoms with Crippen molar-refractivity contribution in [3.63, 3.8) is 0 Å². The van der Waals surface area contributed by atoms with Gasteiger partial charge in [0.25, 0.3) is 0 Å². The van der Waals surface area contributed by atoms with Gasteiger partial charge in [-0.15, -0.1) is 0 Å². The van der Waals surface area contributed by atoms with Gasteiger partial charge in [-0.05, 0) is 25.1 Å². The Morgan fingerprint density at radius 1 is 1.37 bits per heavy atom. The lowest BCUT2D eigenvalue weighted by atomic mass is 10.4. The maximum atomic E-state index is 12.1. The zero-order valence-electron chi connectivity index (χ0n) is 10.5. The van der Waals surface area contributed by atoms with Crippen molar-refractivity contribution in [2.75, 3.05) is 11.9 Å². The summed E-state index contributed by atoms with van der Waals surface area (Å²) < 4.78 is 31.7. The summed E-state index contributed by atoms with van der Waals surface area (Å²) in [6.07, 6.45) is 2.96. The standard InChI is InChI=1S/C12H15N3O3S/c1-2-13-12-8-11(5-6-14-12)19(16,17)15-9-10-4-3-7-18-10/h3-8,15H,2,9H2,1H3,(H,13,14). The SMILES string of the molecule is CCNc1cc(S(=O)(=O)NCc2ccco2)ccn1. The van der Waals surface area contributed by atoms with Crippen LogP contribution in [0.15, 0.2) is 46.0 Å². The molecule has 0 unspecified atom stereocenters. The molecule has 102 valence electrons. The fraction of sp³-hybridized carbons (Fsp3) is 0.250. The average Bonchev–Trinajstić information content (AvgIpc) is 2.90. The molecule has 0 fully saturated rings. The predicted octanol–water partition coefficient (Wildman–Crippen LogP) is 1.58. The van der Waals surface area contributed by atoms with Crippen LogP contribution in [-0.4, -0.2) is 19.9 Å². The van der Waals surface area contributed by atoms with Crippen LogP contribution in [0.4, 0.5) is 5.82 Å². The molecule has 0 saturated carbocycles. The van der Waals surface area contributed by atoms with Gasteiger partial charge in [-0.25, -0.2) is 18.1 Å². The summed E-state index contributed by atoms with van der Waals surface area (Å²) in [6.45, 7) is 2.71. The molecule has 0 spiro atoms. The molecule has 0 aliphatic rings. The molecule has 2 aromatic heterocycles. The number of rotatable bonds is 6. The Hall–Kier alpha value is -1.86. The second kappa shape index (κ2) is 5.85. The summed E-state index contributed by atoms with van der Waals surface area (Å²) in [5.74, 6) is 1.09. The highest BCUT2D eigenvalue weighted by Gasteiger charge is 2.15. The summed E-state index contributed by atoms with van der Waals surface area (Å²) in [5.41, 5.74) is 0. The van der Waals surface area contributed by atoms with Gasteiger partial charge in [-0.1, -0.05) is 0 Å². The Morgan fingerprint density at radius 2 is 2.21 bits per heavy atom. The van der Waals surface area contributed by atoms with E-state index in [4.69, 9.17) is 4.42 Å². The Morgan fingerprint density at radius 3 is 2.89 bits per heavy atom. The minimum Gasteiger partial charge on any atom is -0.468 e. The molecule has 0 aliphatic carbocycles. The molecule has 0 aromatic carbocycles. The fourth-order valence-corrected chi connectivity index (χ4v) is 2.52. The lowest BCUT2D eigenvalue weighted by Gasteiger charge is -2.07. The molecule has 2 heterocycles. The lowest BCUT2D eigenvalue weighted by molar-refractivity contribution is 0.498. The zero-order chi connectivity index (χ0) is 13.7. The van der Waals surface area contributed by atoms with Gasteiger partial charge in [0.2, 0.25) is 10.0 Å². The first-order valence-electron chi connectivity index (χ1n) is 5.84. The molecule has 0 radical (unpaired) electrons. The summed E-state index contributed by atoms with van der Waals surface area (Å²) in [6, 6.07) is 6.36. The van der Waals surface area contributed by atoms with Crippen molar-refractivity contribution in [2.45, 2.75) is 18.4 Å². The first-order chi connectivity index (χ1) is 9.12. The molecule has 0 atom stereocenters. The van der Waals surface area contributed by atoms with Crippen LogP contribution in [-0.2, 0) is 16.6 Å². The molecule has 19 heavy (non-hydrogen) atoms. The van der Waals surface area contributed by atoms with E-state index in [1.54, 1.807) is 12.1 Å². The van der Waals surface area contributed by atoms with Crippen LogP contribution in [0.2, 0.25) is 0 Å². The molecular formula is C12H15N3O3S. The van der Waals surface area contributed by atoms with Gasteiger partial charge in [0.15, 0.2) is 0 Å². The molecule has 2 aromatic rings. The van der Waals surface area contributed by atoms with Crippen LogP contribution in [0.25, 0.3) is 0 Å². The molecular weight excluding hydrogens is 266 g/mol. The van der Waals surface area contributed by atoms with Gasteiger partial charge < -0.3 is 9.73 Å². The molecule has 2 rings (SSSR count). The van der Waals surface area contributed by atoms with Crippen LogP contribution in [0.3, 0.4) is 0 Å². The normalized spacial score (nSPS) is 11.4. The molecule has 2 N–H and O–H groups in total. The van der Waals surface area contributed by atoms with Crippen molar-refractivity contribution in [3.05, 3.63) is 42.5 Å². The number of hydrogen-bond donors (Lipinski definition) is 2. The van der Waals surface area contributed by atoms with E-state index in [0.717, 1.165) is 0 Å². The molecule has 0 aliphatic heterocycles. The number of nitrogens with zero attached hydrogens (tertiary/aromatic N) is 1. The average molecular weight is 281 g/mol. The summed E-state index contributed by atoms with van der Waals surface area (Å²) in [4.78, 5) is 4.20. The van der Waals surface area contributed by atoms with E-state index < -0.39 is 10.0 Å². The van der Waals surface area contributed by atoms with E-state index in [2.05, 4.69) is 15.0 Å². The first-order valence-corrected chi connectivity index (χ1v) is 7.32. The van der Waals surface area contributed by atoms with E-state index in [9.17, 15) is 8.42 Å². The molecule has 0 bridgehead atoms. The second-order valence-electron chi connectivity index (χ2n) is 3.81. The van der Waals surface area contributed by atoms with Gasteiger partial charge in [-0.2, -0.15) is 0 Å². The van der Waals surface area contributed by atoms with Crippen molar-refractivity contribution < 1.29 is 12.8 Å². The van der Waals surface area contributed by atoms with E-state index in [0.29, 0.717) is 18.1 Å². The second-order valence-corrected chi connectivity index (χ2v) is 5.58. The zero-order valence-corrected chi connectivity index (χ0v) is 11.3. The first kappa shape index (κ1) is 13.6. The van der Waals surface area contributed by atoms with Crippen LogP contribution in [0.5, 0.6) is 0 Å². The molecule has 0 saturated heterocycles. The fourth-order valence-electron chi connectivity index (χ4n) is 1.52.